The first kappa shape index (κ1) is 18.2. The van der Waals surface area contributed by atoms with E-state index in [9.17, 15) is 21.9 Å². The predicted octanol–water partition coefficient (Wildman–Crippen LogP) is 0.240. The molecule has 2 rings (SSSR count). The smallest absolute Gasteiger partial charge is 0.294 e. The van der Waals surface area contributed by atoms with Crippen LogP contribution in [0, 0.1) is 0 Å². The van der Waals surface area contributed by atoms with Crippen molar-refractivity contribution in [3.63, 3.8) is 0 Å². The fraction of sp³-hybridized carbons (Fsp3) is 0. The molecule has 11 heteroatoms. The van der Waals surface area contributed by atoms with Crippen molar-refractivity contribution in [3.05, 3.63) is 24.3 Å². The minimum atomic E-state index is -4.59. The third-order valence-corrected chi connectivity index (χ3v) is 4.26. The largest absolute Gasteiger partial charge is 0.507 e. The van der Waals surface area contributed by atoms with Crippen molar-refractivity contribution in [2.75, 3.05) is 5.73 Å². The summed E-state index contributed by atoms with van der Waals surface area (Å²) in [5, 5.41) is 9.66. The normalized spacial score (nSPS) is 12.1. The Hall–Kier alpha value is -0.880. The zero-order valence-electron chi connectivity index (χ0n) is 10.7. The van der Waals surface area contributed by atoms with Gasteiger partial charge in [-0.1, -0.05) is 0 Å². The van der Waals surface area contributed by atoms with E-state index in [1.807, 2.05) is 0 Å². The van der Waals surface area contributed by atoms with Crippen molar-refractivity contribution >= 4 is 66.3 Å². The van der Waals surface area contributed by atoms with Crippen LogP contribution in [0.3, 0.4) is 0 Å². The molecule has 0 aromatic heterocycles. The molecule has 0 saturated carbocycles. The molecule has 21 heavy (non-hydrogen) atoms. The Balaban J connectivity index is 0.00000220. The van der Waals surface area contributed by atoms with E-state index in [2.05, 4.69) is 0 Å². The Morgan fingerprint density at radius 1 is 0.857 bits per heavy atom. The molecule has 0 amide bonds. The molecule has 0 fully saturated rings. The number of rotatable bonds is 2. The number of benzene rings is 2. The molecule has 8 nitrogen and oxygen atoms in total. The SMILES string of the molecule is Nc1cc(S(=O)(=O)O)cc2cc(S(=O)(=O)O)cc(O)c12.[Na]. The molecule has 0 aliphatic heterocycles. The van der Waals surface area contributed by atoms with Crippen molar-refractivity contribution in [3.8, 4) is 5.75 Å². The van der Waals surface area contributed by atoms with Crippen LogP contribution in [0.5, 0.6) is 5.75 Å². The molecule has 0 saturated heterocycles. The van der Waals surface area contributed by atoms with Crippen molar-refractivity contribution in [1.29, 1.82) is 0 Å². The first-order valence-electron chi connectivity index (χ1n) is 5.01. The number of hydrogen-bond acceptors (Lipinski definition) is 6. The van der Waals surface area contributed by atoms with Gasteiger partial charge in [0.15, 0.2) is 0 Å². The van der Waals surface area contributed by atoms with E-state index >= 15 is 0 Å². The van der Waals surface area contributed by atoms with Gasteiger partial charge in [-0.05, 0) is 23.6 Å². The van der Waals surface area contributed by atoms with E-state index in [0.29, 0.717) is 0 Å². The maximum atomic E-state index is 11.1. The summed E-state index contributed by atoms with van der Waals surface area (Å²) in [7, 11) is -9.14. The van der Waals surface area contributed by atoms with E-state index in [0.717, 1.165) is 24.3 Å². The van der Waals surface area contributed by atoms with Crippen molar-refractivity contribution < 1.29 is 31.0 Å². The quantitative estimate of drug-likeness (QED) is 0.344. The van der Waals surface area contributed by atoms with Crippen LogP contribution < -0.4 is 5.73 Å². The Kier molecular flexibility index (Phi) is 4.95. The van der Waals surface area contributed by atoms with Gasteiger partial charge < -0.3 is 10.8 Å². The molecule has 0 unspecified atom stereocenters. The van der Waals surface area contributed by atoms with Crippen molar-refractivity contribution in [2.24, 2.45) is 0 Å². The van der Waals surface area contributed by atoms with E-state index in [1.54, 1.807) is 0 Å². The molecule has 109 valence electrons. The fourth-order valence-corrected chi connectivity index (χ4v) is 2.86. The minimum absolute atomic E-state index is 0. The first-order valence-corrected chi connectivity index (χ1v) is 7.89. The summed E-state index contributed by atoms with van der Waals surface area (Å²) in [6, 6.07) is 3.55. The molecule has 0 aliphatic carbocycles. The number of hydrogen-bond donors (Lipinski definition) is 4. The van der Waals surface area contributed by atoms with E-state index in [4.69, 9.17) is 14.8 Å². The van der Waals surface area contributed by atoms with Crippen LogP contribution >= 0.6 is 0 Å². The van der Waals surface area contributed by atoms with Crippen LogP contribution in [0.1, 0.15) is 0 Å². The summed E-state index contributed by atoms with van der Waals surface area (Å²) in [6.45, 7) is 0. The topological polar surface area (TPSA) is 155 Å². The van der Waals surface area contributed by atoms with Gasteiger partial charge in [0.1, 0.15) is 5.75 Å². The molecular formula is C10H9NNaO7S2. The third-order valence-electron chi connectivity index (χ3n) is 2.60. The summed E-state index contributed by atoms with van der Waals surface area (Å²) in [5.41, 5.74) is 5.39. The van der Waals surface area contributed by atoms with Gasteiger partial charge in [-0.3, -0.25) is 9.11 Å². The molecule has 0 heterocycles. The number of nitrogens with two attached hydrogens (primary N) is 1. The van der Waals surface area contributed by atoms with Crippen molar-refractivity contribution in [1.82, 2.24) is 0 Å². The van der Waals surface area contributed by atoms with Gasteiger partial charge in [0.05, 0.1) is 9.79 Å². The Morgan fingerprint density at radius 2 is 1.29 bits per heavy atom. The average molecular weight is 342 g/mol. The van der Waals surface area contributed by atoms with E-state index in [-0.39, 0.29) is 46.0 Å². The van der Waals surface area contributed by atoms with Gasteiger partial charge in [-0.25, -0.2) is 0 Å². The maximum absolute atomic E-state index is 11.1. The van der Waals surface area contributed by atoms with Crippen LogP contribution in [0.25, 0.3) is 10.8 Å². The summed E-state index contributed by atoms with van der Waals surface area (Å²) in [4.78, 5) is -1.19. The van der Waals surface area contributed by atoms with Gasteiger partial charge in [0.25, 0.3) is 20.2 Å². The Bertz CT molecular complexity index is 849. The molecular weight excluding hydrogens is 333 g/mol. The number of phenolic OH excluding ortho intramolecular Hbond substituents is 1. The summed E-state index contributed by atoms with van der Waals surface area (Å²) in [5.74, 6) is -0.547. The van der Waals surface area contributed by atoms with Gasteiger partial charge in [0.2, 0.25) is 0 Å². The number of nitrogen functional groups attached to an aromatic ring is 1. The third kappa shape index (κ3) is 3.66. The average Bonchev–Trinajstić information content (AvgIpc) is 2.25. The standard InChI is InChI=1S/C10H9NO7S2.Na/c11-8-3-6(19(13,14)15)1-5-2-7(20(16,17)18)4-9(12)10(5)8;/h1-4,12H,11H2,(H,13,14,15)(H,16,17,18);. The van der Waals surface area contributed by atoms with Gasteiger partial charge in [-0.15, -0.1) is 0 Å². The Labute approximate surface area is 142 Å². The molecule has 0 aliphatic rings. The number of aromatic hydroxyl groups is 1. The van der Waals surface area contributed by atoms with Gasteiger partial charge >= 0.3 is 0 Å². The van der Waals surface area contributed by atoms with Gasteiger partial charge in [0, 0.05) is 46.7 Å². The molecule has 0 atom stereocenters. The number of anilines is 1. The second-order valence-electron chi connectivity index (χ2n) is 4.00. The van der Waals surface area contributed by atoms with Crippen LogP contribution in [0.4, 0.5) is 5.69 Å². The molecule has 1 radical (unpaired) electrons. The Morgan fingerprint density at radius 3 is 1.71 bits per heavy atom. The monoisotopic (exact) mass is 342 g/mol. The molecule has 0 spiro atoms. The van der Waals surface area contributed by atoms with E-state index in [1.165, 1.54) is 0 Å². The maximum Gasteiger partial charge on any atom is 0.294 e. The van der Waals surface area contributed by atoms with Crippen LogP contribution in [0.15, 0.2) is 34.1 Å². The van der Waals surface area contributed by atoms with Crippen LogP contribution in [-0.4, -0.2) is 60.6 Å². The first-order chi connectivity index (χ1) is 9.00. The zero-order chi connectivity index (χ0) is 15.3. The minimum Gasteiger partial charge on any atom is -0.507 e. The van der Waals surface area contributed by atoms with Gasteiger partial charge in [-0.2, -0.15) is 16.8 Å². The van der Waals surface area contributed by atoms with Crippen LogP contribution in [0.2, 0.25) is 0 Å². The summed E-state index contributed by atoms with van der Waals surface area (Å²) in [6.07, 6.45) is 0. The fourth-order valence-electron chi connectivity index (χ4n) is 1.77. The number of phenols is 1. The molecule has 2 aromatic rings. The molecule has 2 aromatic carbocycles. The molecule has 0 bridgehead atoms. The number of fused-ring (bicyclic) bond motifs is 1. The zero-order valence-corrected chi connectivity index (χ0v) is 14.3. The van der Waals surface area contributed by atoms with Crippen molar-refractivity contribution in [2.45, 2.75) is 9.79 Å². The second-order valence-corrected chi connectivity index (χ2v) is 6.85. The van der Waals surface area contributed by atoms with E-state index < -0.39 is 35.8 Å². The molecule has 5 N–H and O–H groups in total. The second kappa shape index (κ2) is 5.72. The predicted molar refractivity (Wildman–Crippen MR) is 75.4 cm³/mol. The summed E-state index contributed by atoms with van der Waals surface area (Å²) >= 11 is 0. The summed E-state index contributed by atoms with van der Waals surface area (Å²) < 4.78 is 62.1. The van der Waals surface area contributed by atoms with Crippen LogP contribution in [-0.2, 0) is 20.2 Å².